The molecule has 2 aliphatic carbocycles. The van der Waals surface area contributed by atoms with Gasteiger partial charge in [0.1, 0.15) is 0 Å². The normalized spacial score (nSPS) is 11.8. The molecule has 0 amide bonds. The highest BCUT2D eigenvalue weighted by Crippen LogP contribution is 2.43. The van der Waals surface area contributed by atoms with Gasteiger partial charge in [-0.15, -0.1) is 0 Å². The molecular formula is C20H14O2S. The van der Waals surface area contributed by atoms with E-state index in [0.717, 1.165) is 21.9 Å². The van der Waals surface area contributed by atoms with Gasteiger partial charge in [-0.1, -0.05) is 72.8 Å². The van der Waals surface area contributed by atoms with E-state index >= 15 is 0 Å². The van der Waals surface area contributed by atoms with Gasteiger partial charge in [-0.05, 0) is 23.1 Å². The molecule has 2 aromatic rings. The van der Waals surface area contributed by atoms with Crippen LogP contribution in [0, 0.1) is 0 Å². The summed E-state index contributed by atoms with van der Waals surface area (Å²) in [5.74, 6) is 0. The predicted molar refractivity (Wildman–Crippen MR) is 92.5 cm³/mol. The van der Waals surface area contributed by atoms with Crippen LogP contribution in [-0.4, -0.2) is 8.42 Å². The summed E-state index contributed by atoms with van der Waals surface area (Å²) in [5.41, 5.74) is 1.72. The van der Waals surface area contributed by atoms with E-state index in [0.29, 0.717) is 9.79 Å². The van der Waals surface area contributed by atoms with Crippen molar-refractivity contribution in [1.29, 1.82) is 0 Å². The highest BCUT2D eigenvalue weighted by atomic mass is 32.2. The SMILES string of the molecule is O=S(=O)(c1ccccc1)c1c2cccccc-2c2ccccc12. The molecule has 23 heavy (non-hydrogen) atoms. The molecule has 0 atom stereocenters. The fourth-order valence-electron chi connectivity index (χ4n) is 3.05. The molecule has 2 aliphatic rings. The van der Waals surface area contributed by atoms with Gasteiger partial charge in [0, 0.05) is 10.9 Å². The maximum Gasteiger partial charge on any atom is 0.207 e. The van der Waals surface area contributed by atoms with E-state index in [1.807, 2.05) is 60.7 Å². The van der Waals surface area contributed by atoms with Crippen LogP contribution in [0.15, 0.2) is 94.7 Å². The largest absolute Gasteiger partial charge is 0.218 e. The summed E-state index contributed by atoms with van der Waals surface area (Å²) in [4.78, 5) is 0.717. The first-order valence-electron chi connectivity index (χ1n) is 7.39. The van der Waals surface area contributed by atoms with Crippen LogP contribution in [0.3, 0.4) is 0 Å². The Labute approximate surface area is 135 Å². The molecule has 0 unspecified atom stereocenters. The maximum absolute atomic E-state index is 13.2. The zero-order valence-corrected chi connectivity index (χ0v) is 13.1. The summed E-state index contributed by atoms with van der Waals surface area (Å²) in [6.07, 6.45) is 0. The molecule has 0 heterocycles. The van der Waals surface area contributed by atoms with Crippen molar-refractivity contribution in [3.63, 3.8) is 0 Å². The van der Waals surface area contributed by atoms with E-state index in [1.165, 1.54) is 0 Å². The second-order valence-electron chi connectivity index (χ2n) is 5.43. The Balaban J connectivity index is 2.16. The fraction of sp³-hybridized carbons (Fsp3) is 0. The van der Waals surface area contributed by atoms with Crippen molar-refractivity contribution in [1.82, 2.24) is 0 Å². The van der Waals surface area contributed by atoms with Crippen molar-refractivity contribution >= 4 is 20.6 Å². The Morgan fingerprint density at radius 1 is 0.522 bits per heavy atom. The molecule has 0 bridgehead atoms. The second-order valence-corrected chi connectivity index (χ2v) is 7.32. The number of sulfone groups is 1. The van der Waals surface area contributed by atoms with Crippen LogP contribution in [0.2, 0.25) is 0 Å². The smallest absolute Gasteiger partial charge is 0.207 e. The lowest BCUT2D eigenvalue weighted by Gasteiger charge is -2.05. The molecule has 0 N–H and O–H groups in total. The molecule has 4 rings (SSSR count). The maximum atomic E-state index is 13.2. The van der Waals surface area contributed by atoms with Gasteiger partial charge in [0.25, 0.3) is 0 Å². The van der Waals surface area contributed by atoms with Crippen molar-refractivity contribution in [3.05, 3.63) is 84.9 Å². The van der Waals surface area contributed by atoms with Gasteiger partial charge in [0.15, 0.2) is 0 Å². The third kappa shape index (κ3) is 2.13. The molecule has 0 aromatic heterocycles. The van der Waals surface area contributed by atoms with Crippen molar-refractivity contribution in [2.45, 2.75) is 9.79 Å². The monoisotopic (exact) mass is 318 g/mol. The van der Waals surface area contributed by atoms with Gasteiger partial charge in [-0.2, -0.15) is 0 Å². The number of fused-ring (bicyclic) bond motifs is 3. The molecule has 0 saturated heterocycles. The van der Waals surface area contributed by atoms with Crippen LogP contribution >= 0.6 is 0 Å². The van der Waals surface area contributed by atoms with Crippen molar-refractivity contribution < 1.29 is 8.42 Å². The average Bonchev–Trinajstić information content (AvgIpc) is 2.72. The first-order chi connectivity index (χ1) is 11.2. The first-order valence-corrected chi connectivity index (χ1v) is 8.87. The van der Waals surface area contributed by atoms with Gasteiger partial charge in [-0.3, -0.25) is 0 Å². The minimum absolute atomic E-state index is 0.323. The quantitative estimate of drug-likeness (QED) is 0.533. The lowest BCUT2D eigenvalue weighted by Crippen LogP contribution is -2.01. The van der Waals surface area contributed by atoms with Crippen LogP contribution in [0.1, 0.15) is 0 Å². The minimum Gasteiger partial charge on any atom is -0.218 e. The Bertz CT molecular complexity index is 1070. The number of benzene rings is 2. The summed E-state index contributed by atoms with van der Waals surface area (Å²) in [7, 11) is -3.58. The van der Waals surface area contributed by atoms with Gasteiger partial charge < -0.3 is 0 Å². The first kappa shape index (κ1) is 14.0. The second kappa shape index (κ2) is 5.21. The Morgan fingerprint density at radius 3 is 1.74 bits per heavy atom. The highest BCUT2D eigenvalue weighted by molar-refractivity contribution is 7.92. The molecular weight excluding hydrogens is 304 g/mol. The highest BCUT2D eigenvalue weighted by Gasteiger charge is 2.27. The Kier molecular flexibility index (Phi) is 3.17. The zero-order chi connectivity index (χ0) is 15.9. The lowest BCUT2D eigenvalue weighted by atomic mass is 10.1. The van der Waals surface area contributed by atoms with E-state index in [4.69, 9.17) is 0 Å². The third-order valence-electron chi connectivity index (χ3n) is 4.07. The van der Waals surface area contributed by atoms with E-state index in [1.54, 1.807) is 24.3 Å². The molecule has 0 aliphatic heterocycles. The van der Waals surface area contributed by atoms with E-state index in [-0.39, 0.29) is 0 Å². The fourth-order valence-corrected chi connectivity index (χ4v) is 4.73. The third-order valence-corrected chi connectivity index (χ3v) is 5.94. The summed E-state index contributed by atoms with van der Waals surface area (Å²) in [6.45, 7) is 0. The lowest BCUT2D eigenvalue weighted by molar-refractivity contribution is 0.597. The number of hydrogen-bond donors (Lipinski definition) is 0. The van der Waals surface area contributed by atoms with E-state index in [2.05, 4.69) is 0 Å². The minimum atomic E-state index is -3.58. The topological polar surface area (TPSA) is 34.1 Å². The van der Waals surface area contributed by atoms with Gasteiger partial charge in [-0.25, -0.2) is 8.42 Å². The van der Waals surface area contributed by atoms with Crippen LogP contribution < -0.4 is 0 Å². The Hall–Kier alpha value is -2.65. The van der Waals surface area contributed by atoms with E-state index in [9.17, 15) is 8.42 Å². The summed E-state index contributed by atoms with van der Waals surface area (Å²) < 4.78 is 26.4. The van der Waals surface area contributed by atoms with Crippen molar-refractivity contribution in [2.24, 2.45) is 0 Å². The molecule has 2 aromatic carbocycles. The Morgan fingerprint density at radius 2 is 1.04 bits per heavy atom. The molecule has 0 radical (unpaired) electrons. The average molecular weight is 318 g/mol. The molecule has 0 spiro atoms. The number of hydrogen-bond acceptors (Lipinski definition) is 2. The van der Waals surface area contributed by atoms with Gasteiger partial charge in [0.2, 0.25) is 9.84 Å². The van der Waals surface area contributed by atoms with E-state index < -0.39 is 9.84 Å². The van der Waals surface area contributed by atoms with Gasteiger partial charge in [0.05, 0.1) is 9.79 Å². The molecule has 3 heteroatoms. The van der Waals surface area contributed by atoms with Crippen molar-refractivity contribution in [2.75, 3.05) is 0 Å². The molecule has 0 fully saturated rings. The van der Waals surface area contributed by atoms with Gasteiger partial charge >= 0.3 is 0 Å². The van der Waals surface area contributed by atoms with Crippen LogP contribution in [-0.2, 0) is 9.84 Å². The predicted octanol–water partition coefficient (Wildman–Crippen LogP) is 4.78. The van der Waals surface area contributed by atoms with Crippen molar-refractivity contribution in [3.8, 4) is 11.1 Å². The van der Waals surface area contributed by atoms with Crippen LogP contribution in [0.25, 0.3) is 21.9 Å². The standard InChI is InChI=1S/C20H14O2S/c21-23(22,15-9-3-1-4-10-15)20-18-13-6-2-5-11-16(18)17-12-7-8-14-19(17)20/h1-14H. The summed E-state index contributed by atoms with van der Waals surface area (Å²) in [5, 5.41) is 1.74. The van der Waals surface area contributed by atoms with Crippen LogP contribution in [0.4, 0.5) is 0 Å². The molecule has 2 nitrogen and oxygen atoms in total. The molecule has 112 valence electrons. The number of rotatable bonds is 2. The molecule has 0 saturated carbocycles. The summed E-state index contributed by atoms with van der Waals surface area (Å²) in [6, 6.07) is 25.9. The zero-order valence-electron chi connectivity index (χ0n) is 12.3. The van der Waals surface area contributed by atoms with Crippen LogP contribution in [0.5, 0.6) is 0 Å². The summed E-state index contributed by atoms with van der Waals surface area (Å²) >= 11 is 0.